The van der Waals surface area contributed by atoms with E-state index in [9.17, 15) is 10.1 Å². The first kappa shape index (κ1) is 26.5. The molecule has 1 N–H and O–H groups in total. The van der Waals surface area contributed by atoms with Crippen molar-refractivity contribution in [1.82, 2.24) is 9.78 Å². The van der Waals surface area contributed by atoms with Crippen LogP contribution in [0.1, 0.15) is 22.3 Å². The van der Waals surface area contributed by atoms with Gasteiger partial charge in [0.15, 0.2) is 11.5 Å². The third-order valence-corrected chi connectivity index (χ3v) is 6.35. The third-order valence-electron chi connectivity index (χ3n) is 6.11. The zero-order valence-corrected chi connectivity index (χ0v) is 22.3. The van der Waals surface area contributed by atoms with Crippen molar-refractivity contribution in [1.29, 1.82) is 5.26 Å². The van der Waals surface area contributed by atoms with E-state index in [4.69, 9.17) is 26.2 Å². The number of nitriles is 1. The number of rotatable bonds is 8. The number of carbonyl (C=O) groups is 1. The molecule has 0 radical (unpaired) electrons. The summed E-state index contributed by atoms with van der Waals surface area (Å²) in [7, 11) is 3.13. The minimum Gasteiger partial charge on any atom is -0.493 e. The monoisotopic (exact) mass is 526 g/mol. The molecule has 7 nitrogen and oxygen atoms in total. The number of hydrogen-bond donors (Lipinski definition) is 1. The van der Waals surface area contributed by atoms with Crippen molar-refractivity contribution in [2.75, 3.05) is 19.5 Å². The summed E-state index contributed by atoms with van der Waals surface area (Å²) in [6.07, 6.45) is 3.34. The number of benzene rings is 3. The molecule has 192 valence electrons. The van der Waals surface area contributed by atoms with Gasteiger partial charge in [-0.3, -0.25) is 9.48 Å². The second-order valence-electron chi connectivity index (χ2n) is 8.75. The Morgan fingerprint density at radius 3 is 2.53 bits per heavy atom. The van der Waals surface area contributed by atoms with Crippen LogP contribution >= 0.6 is 11.6 Å². The number of nitrogens with one attached hydrogen (secondary N) is 1. The first-order chi connectivity index (χ1) is 18.3. The van der Waals surface area contributed by atoms with Crippen molar-refractivity contribution in [2.45, 2.75) is 20.4 Å². The molecular formula is C30H27ClN4O3. The maximum Gasteiger partial charge on any atom is 0.266 e. The topological polar surface area (TPSA) is 89.2 Å². The second kappa shape index (κ2) is 11.7. The van der Waals surface area contributed by atoms with Crippen molar-refractivity contribution in [3.8, 4) is 28.8 Å². The lowest BCUT2D eigenvalue weighted by atomic mass is 10.0. The first-order valence-electron chi connectivity index (χ1n) is 11.9. The van der Waals surface area contributed by atoms with Gasteiger partial charge in [0.2, 0.25) is 0 Å². The normalized spacial score (nSPS) is 11.1. The summed E-state index contributed by atoms with van der Waals surface area (Å²) in [5.74, 6) is 0.617. The summed E-state index contributed by atoms with van der Waals surface area (Å²) >= 11 is 6.17. The molecule has 0 saturated heterocycles. The van der Waals surface area contributed by atoms with E-state index in [2.05, 4.69) is 5.32 Å². The number of methoxy groups -OCH3 is 2. The lowest BCUT2D eigenvalue weighted by Crippen LogP contribution is -2.13. The van der Waals surface area contributed by atoms with Crippen LogP contribution in [0.15, 0.2) is 72.4 Å². The van der Waals surface area contributed by atoms with Crippen LogP contribution in [0, 0.1) is 25.2 Å². The van der Waals surface area contributed by atoms with Gasteiger partial charge in [0.05, 0.1) is 26.5 Å². The molecule has 3 aromatic carbocycles. The van der Waals surface area contributed by atoms with Crippen molar-refractivity contribution in [3.63, 3.8) is 0 Å². The van der Waals surface area contributed by atoms with E-state index in [1.165, 1.54) is 0 Å². The minimum absolute atomic E-state index is 0.0488. The summed E-state index contributed by atoms with van der Waals surface area (Å²) in [5.41, 5.74) is 5.62. The standard InChI is InChI=1S/C30H27ClN4O3/c1-19-8-10-26(12-20(19)2)33-30(36)23(16-32)14-24-18-35(17-21-6-5-7-25(31)13-21)34-29(24)22-9-11-27(37-3)28(15-22)38-4/h5-15,18H,17H2,1-4H3,(H,33,36)/b23-14+. The molecule has 0 atom stereocenters. The first-order valence-corrected chi connectivity index (χ1v) is 12.2. The summed E-state index contributed by atoms with van der Waals surface area (Å²) < 4.78 is 12.6. The highest BCUT2D eigenvalue weighted by atomic mass is 35.5. The molecule has 0 aliphatic heterocycles. The number of aryl methyl sites for hydroxylation is 2. The number of hydrogen-bond acceptors (Lipinski definition) is 5. The second-order valence-corrected chi connectivity index (χ2v) is 9.19. The number of halogens is 1. The van der Waals surface area contributed by atoms with Gasteiger partial charge in [-0.15, -0.1) is 0 Å². The Balaban J connectivity index is 1.75. The van der Waals surface area contributed by atoms with E-state index in [-0.39, 0.29) is 5.57 Å². The fraction of sp³-hybridized carbons (Fsp3) is 0.167. The van der Waals surface area contributed by atoms with Gasteiger partial charge in [-0.25, -0.2) is 0 Å². The van der Waals surface area contributed by atoms with Crippen molar-refractivity contribution in [3.05, 3.63) is 99.7 Å². The van der Waals surface area contributed by atoms with Crippen LogP contribution in [0.25, 0.3) is 17.3 Å². The molecule has 0 fully saturated rings. The number of ether oxygens (including phenoxy) is 2. The van der Waals surface area contributed by atoms with Crippen LogP contribution in [0.3, 0.4) is 0 Å². The predicted molar refractivity (Wildman–Crippen MR) is 149 cm³/mol. The lowest BCUT2D eigenvalue weighted by Gasteiger charge is -2.09. The zero-order chi connectivity index (χ0) is 27.2. The Morgan fingerprint density at radius 2 is 1.84 bits per heavy atom. The van der Waals surface area contributed by atoms with Gasteiger partial charge in [0, 0.05) is 28.0 Å². The molecule has 1 heterocycles. The molecule has 0 unspecified atom stereocenters. The average Bonchev–Trinajstić information content (AvgIpc) is 3.30. The Hall–Kier alpha value is -4.54. The van der Waals surface area contributed by atoms with E-state index in [0.717, 1.165) is 22.3 Å². The zero-order valence-electron chi connectivity index (χ0n) is 21.6. The Bertz CT molecular complexity index is 1570. The van der Waals surface area contributed by atoms with Crippen LogP contribution in [0.2, 0.25) is 5.02 Å². The van der Waals surface area contributed by atoms with E-state index in [1.54, 1.807) is 37.2 Å². The maximum absolute atomic E-state index is 13.0. The molecule has 0 aliphatic rings. The number of nitrogens with zero attached hydrogens (tertiary/aromatic N) is 3. The van der Waals surface area contributed by atoms with E-state index < -0.39 is 5.91 Å². The molecule has 8 heteroatoms. The van der Waals surface area contributed by atoms with Gasteiger partial charge in [-0.05, 0) is 79.1 Å². The van der Waals surface area contributed by atoms with Gasteiger partial charge < -0.3 is 14.8 Å². The molecule has 1 amide bonds. The number of aromatic nitrogens is 2. The van der Waals surface area contributed by atoms with Gasteiger partial charge >= 0.3 is 0 Å². The Kier molecular flexibility index (Phi) is 8.15. The molecular weight excluding hydrogens is 500 g/mol. The predicted octanol–water partition coefficient (Wildman–Crippen LogP) is 6.43. The lowest BCUT2D eigenvalue weighted by molar-refractivity contribution is -0.112. The molecule has 4 aromatic rings. The van der Waals surface area contributed by atoms with E-state index in [0.29, 0.717) is 40.0 Å². The van der Waals surface area contributed by atoms with Crippen molar-refractivity contribution in [2.24, 2.45) is 0 Å². The quantitative estimate of drug-likeness (QED) is 0.211. The SMILES string of the molecule is COc1ccc(-c2nn(Cc3cccc(Cl)c3)cc2/C=C(\C#N)C(=O)Nc2ccc(C)c(C)c2)cc1OC. The fourth-order valence-electron chi connectivity index (χ4n) is 3.98. The summed E-state index contributed by atoms with van der Waals surface area (Å²) in [6, 6.07) is 20.6. The smallest absolute Gasteiger partial charge is 0.266 e. The van der Waals surface area contributed by atoms with Gasteiger partial charge in [-0.2, -0.15) is 10.4 Å². The van der Waals surface area contributed by atoms with Crippen molar-refractivity contribution >= 4 is 29.3 Å². The van der Waals surface area contributed by atoms with Crippen LogP contribution < -0.4 is 14.8 Å². The maximum atomic E-state index is 13.0. The van der Waals surface area contributed by atoms with Gasteiger partial charge in [-0.1, -0.05) is 29.8 Å². The Labute approximate surface area is 226 Å². The molecule has 0 aliphatic carbocycles. The highest BCUT2D eigenvalue weighted by molar-refractivity contribution is 6.30. The molecule has 38 heavy (non-hydrogen) atoms. The molecule has 4 rings (SSSR count). The van der Waals surface area contributed by atoms with Gasteiger partial charge in [0.1, 0.15) is 11.6 Å². The highest BCUT2D eigenvalue weighted by Gasteiger charge is 2.17. The number of amides is 1. The molecule has 0 spiro atoms. The highest BCUT2D eigenvalue weighted by Crippen LogP contribution is 2.34. The molecule has 0 bridgehead atoms. The van der Waals surface area contributed by atoms with Crippen LogP contribution in [0.5, 0.6) is 11.5 Å². The summed E-state index contributed by atoms with van der Waals surface area (Å²) in [4.78, 5) is 13.0. The largest absolute Gasteiger partial charge is 0.493 e. The molecule has 0 saturated carbocycles. The van der Waals surface area contributed by atoms with Crippen LogP contribution in [-0.4, -0.2) is 29.9 Å². The minimum atomic E-state index is -0.503. The van der Waals surface area contributed by atoms with E-state index >= 15 is 0 Å². The summed E-state index contributed by atoms with van der Waals surface area (Å²) in [6.45, 7) is 4.42. The Morgan fingerprint density at radius 1 is 1.05 bits per heavy atom. The van der Waals surface area contributed by atoms with Crippen molar-refractivity contribution < 1.29 is 14.3 Å². The number of carbonyl (C=O) groups excluding carboxylic acids is 1. The fourth-order valence-corrected chi connectivity index (χ4v) is 4.19. The third kappa shape index (κ3) is 6.05. The van der Waals surface area contributed by atoms with Crippen LogP contribution in [-0.2, 0) is 11.3 Å². The molecule has 1 aromatic heterocycles. The summed E-state index contributed by atoms with van der Waals surface area (Å²) in [5, 5.41) is 18.1. The van der Waals surface area contributed by atoms with Crippen LogP contribution in [0.4, 0.5) is 5.69 Å². The average molecular weight is 527 g/mol. The van der Waals surface area contributed by atoms with Gasteiger partial charge in [0.25, 0.3) is 5.91 Å². The number of anilines is 1. The van der Waals surface area contributed by atoms with E-state index in [1.807, 2.05) is 74.5 Å².